The van der Waals surface area contributed by atoms with Crippen molar-refractivity contribution in [3.05, 3.63) is 24.0 Å². The Balaban J connectivity index is 2.87. The second-order valence-corrected chi connectivity index (χ2v) is 2.51. The van der Waals surface area contributed by atoms with Gasteiger partial charge in [-0.2, -0.15) is 9.89 Å². The number of hydrogen-bond acceptors (Lipinski definition) is 3. The van der Waals surface area contributed by atoms with Crippen molar-refractivity contribution in [2.24, 2.45) is 0 Å². The summed E-state index contributed by atoms with van der Waals surface area (Å²) in [5.74, 6) is 5.51. The van der Waals surface area contributed by atoms with Crippen LogP contribution < -0.4 is 5.84 Å². The molecule has 2 heterocycles. The van der Waals surface area contributed by atoms with Gasteiger partial charge in [0.25, 0.3) is 0 Å². The summed E-state index contributed by atoms with van der Waals surface area (Å²) in [6.07, 6.45) is 3.44. The number of fused-ring (bicyclic) bond motifs is 1. The molecule has 0 saturated carbocycles. The van der Waals surface area contributed by atoms with E-state index in [2.05, 4.69) is 10.1 Å². The predicted molar refractivity (Wildman–Crippen MR) is 42.4 cm³/mol. The first kappa shape index (κ1) is 6.15. The van der Waals surface area contributed by atoms with Crippen LogP contribution in [0, 0.1) is 6.92 Å². The molecule has 2 N–H and O–H groups in total. The number of aromatic nitrogens is 3. The van der Waals surface area contributed by atoms with Gasteiger partial charge < -0.3 is 5.84 Å². The van der Waals surface area contributed by atoms with Gasteiger partial charge >= 0.3 is 0 Å². The summed E-state index contributed by atoms with van der Waals surface area (Å²) in [4.78, 5) is 5.47. The van der Waals surface area contributed by atoms with Crippen molar-refractivity contribution in [1.29, 1.82) is 0 Å². The molecule has 0 saturated heterocycles. The first-order valence-electron chi connectivity index (χ1n) is 3.33. The molecule has 4 nitrogen and oxygen atoms in total. The molecule has 0 unspecified atom stereocenters. The van der Waals surface area contributed by atoms with Crippen LogP contribution >= 0.6 is 0 Å². The molecule has 2 rings (SSSR count). The molecule has 4 heteroatoms. The van der Waals surface area contributed by atoms with Gasteiger partial charge in [0, 0.05) is 6.20 Å². The minimum Gasteiger partial charge on any atom is -0.323 e. The topological polar surface area (TPSA) is 56.7 Å². The molecule has 2 aromatic heterocycles. The minimum atomic E-state index is 0.832. The maximum atomic E-state index is 5.51. The van der Waals surface area contributed by atoms with E-state index < -0.39 is 0 Å². The van der Waals surface area contributed by atoms with Crippen molar-refractivity contribution in [3.63, 3.8) is 0 Å². The third kappa shape index (κ3) is 0.832. The molecular weight excluding hydrogens is 140 g/mol. The number of nitrogen functional groups attached to an aromatic ring is 1. The van der Waals surface area contributed by atoms with Crippen LogP contribution in [0.4, 0.5) is 0 Å². The van der Waals surface area contributed by atoms with E-state index in [1.165, 1.54) is 4.79 Å². The van der Waals surface area contributed by atoms with Gasteiger partial charge in [0.15, 0.2) is 0 Å². The normalized spacial score (nSPS) is 10.6. The van der Waals surface area contributed by atoms with Gasteiger partial charge in [0.2, 0.25) is 0 Å². The molecule has 56 valence electrons. The second-order valence-electron chi connectivity index (χ2n) is 2.51. The smallest absolute Gasteiger partial charge is 0.110 e. The SMILES string of the molecule is Cc1cnc2cnn(N)c2c1. The summed E-state index contributed by atoms with van der Waals surface area (Å²) in [7, 11) is 0. The number of hydrogen-bond donors (Lipinski definition) is 1. The summed E-state index contributed by atoms with van der Waals surface area (Å²) in [5.41, 5.74) is 2.79. The van der Waals surface area contributed by atoms with Crippen molar-refractivity contribution < 1.29 is 0 Å². The van der Waals surface area contributed by atoms with Gasteiger partial charge in [-0.05, 0) is 18.6 Å². The predicted octanol–water partition coefficient (Wildman–Crippen LogP) is 0.454. The van der Waals surface area contributed by atoms with E-state index >= 15 is 0 Å². The third-order valence-electron chi connectivity index (χ3n) is 1.59. The Morgan fingerprint density at radius 2 is 2.27 bits per heavy atom. The van der Waals surface area contributed by atoms with Crippen LogP contribution in [-0.2, 0) is 0 Å². The molecule has 0 radical (unpaired) electrons. The first-order valence-corrected chi connectivity index (χ1v) is 3.33. The molecule has 0 atom stereocenters. The Morgan fingerprint density at radius 1 is 1.45 bits per heavy atom. The summed E-state index contributed by atoms with van der Waals surface area (Å²) in [6, 6.07) is 1.95. The highest BCUT2D eigenvalue weighted by atomic mass is 15.5. The van der Waals surface area contributed by atoms with Gasteiger partial charge in [-0.25, -0.2) is 0 Å². The summed E-state index contributed by atoms with van der Waals surface area (Å²) >= 11 is 0. The zero-order valence-electron chi connectivity index (χ0n) is 6.15. The lowest BCUT2D eigenvalue weighted by Gasteiger charge is -1.93. The maximum absolute atomic E-state index is 5.51. The lowest BCUT2D eigenvalue weighted by molar-refractivity contribution is 0.862. The Labute approximate surface area is 63.6 Å². The highest BCUT2D eigenvalue weighted by Crippen LogP contribution is 2.09. The summed E-state index contributed by atoms with van der Waals surface area (Å²) in [5, 5.41) is 3.87. The van der Waals surface area contributed by atoms with Crippen molar-refractivity contribution in [1.82, 2.24) is 14.9 Å². The second kappa shape index (κ2) is 1.95. The largest absolute Gasteiger partial charge is 0.323 e. The van der Waals surface area contributed by atoms with Crippen molar-refractivity contribution in [3.8, 4) is 0 Å². The van der Waals surface area contributed by atoms with Crippen molar-refractivity contribution in [2.75, 3.05) is 5.84 Å². The molecule has 0 spiro atoms. The standard InChI is InChI=1S/C7H8N4/c1-5-2-7-6(9-3-5)4-10-11(7)8/h2-4H,8H2,1H3. The van der Waals surface area contributed by atoms with E-state index in [0.717, 1.165) is 16.6 Å². The Morgan fingerprint density at radius 3 is 3.09 bits per heavy atom. The Bertz CT molecular complexity index is 390. The van der Waals surface area contributed by atoms with Crippen LogP contribution in [0.5, 0.6) is 0 Å². The molecule has 0 aromatic carbocycles. The summed E-state index contributed by atoms with van der Waals surface area (Å²) in [6.45, 7) is 1.97. The fraction of sp³-hybridized carbons (Fsp3) is 0.143. The van der Waals surface area contributed by atoms with E-state index in [1.54, 1.807) is 12.4 Å². The van der Waals surface area contributed by atoms with Crippen molar-refractivity contribution in [2.45, 2.75) is 6.92 Å². The zero-order valence-corrected chi connectivity index (χ0v) is 6.15. The average molecular weight is 148 g/mol. The van der Waals surface area contributed by atoms with Crippen LogP contribution in [0.15, 0.2) is 18.5 Å². The quantitative estimate of drug-likeness (QED) is 0.552. The zero-order chi connectivity index (χ0) is 7.84. The summed E-state index contributed by atoms with van der Waals surface area (Å²) < 4.78 is 0. The lowest BCUT2D eigenvalue weighted by Crippen LogP contribution is -2.08. The fourth-order valence-electron chi connectivity index (χ4n) is 1.03. The van der Waals surface area contributed by atoms with Gasteiger partial charge in [-0.1, -0.05) is 0 Å². The number of nitrogens with zero attached hydrogens (tertiary/aromatic N) is 3. The fourth-order valence-corrected chi connectivity index (χ4v) is 1.03. The number of aryl methyl sites for hydroxylation is 1. The van der Waals surface area contributed by atoms with Crippen LogP contribution in [-0.4, -0.2) is 14.9 Å². The van der Waals surface area contributed by atoms with Gasteiger partial charge in [-0.15, -0.1) is 0 Å². The Hall–Kier alpha value is -1.58. The number of rotatable bonds is 0. The molecule has 2 aromatic rings. The first-order chi connectivity index (χ1) is 5.27. The third-order valence-corrected chi connectivity index (χ3v) is 1.59. The van der Waals surface area contributed by atoms with E-state index in [1.807, 2.05) is 13.0 Å². The van der Waals surface area contributed by atoms with E-state index in [9.17, 15) is 0 Å². The Kier molecular flexibility index (Phi) is 1.09. The molecule has 0 aliphatic carbocycles. The molecule has 0 amide bonds. The van der Waals surface area contributed by atoms with Crippen LogP contribution in [0.25, 0.3) is 11.0 Å². The van der Waals surface area contributed by atoms with E-state index in [0.29, 0.717) is 0 Å². The van der Waals surface area contributed by atoms with Gasteiger partial charge in [0.1, 0.15) is 11.0 Å². The van der Waals surface area contributed by atoms with E-state index in [-0.39, 0.29) is 0 Å². The van der Waals surface area contributed by atoms with Crippen LogP contribution in [0.2, 0.25) is 0 Å². The van der Waals surface area contributed by atoms with E-state index in [4.69, 9.17) is 5.84 Å². The molecule has 0 bridgehead atoms. The van der Waals surface area contributed by atoms with Crippen LogP contribution in [0.1, 0.15) is 5.56 Å². The monoisotopic (exact) mass is 148 g/mol. The number of pyridine rings is 1. The highest BCUT2D eigenvalue weighted by molar-refractivity contribution is 5.74. The number of nitrogens with two attached hydrogens (primary N) is 1. The van der Waals surface area contributed by atoms with Gasteiger partial charge in [-0.3, -0.25) is 4.98 Å². The highest BCUT2D eigenvalue weighted by Gasteiger charge is 1.99. The van der Waals surface area contributed by atoms with Crippen LogP contribution in [0.3, 0.4) is 0 Å². The maximum Gasteiger partial charge on any atom is 0.110 e. The molecule has 11 heavy (non-hydrogen) atoms. The average Bonchev–Trinajstić information content (AvgIpc) is 2.33. The minimum absolute atomic E-state index is 0.832. The van der Waals surface area contributed by atoms with Gasteiger partial charge in [0.05, 0.1) is 6.20 Å². The molecule has 0 fully saturated rings. The molecular formula is C7H8N4. The molecule has 0 aliphatic heterocycles. The molecule has 0 aliphatic rings. The lowest BCUT2D eigenvalue weighted by atomic mass is 10.3. The van der Waals surface area contributed by atoms with Crippen molar-refractivity contribution >= 4 is 11.0 Å².